The highest BCUT2D eigenvalue weighted by atomic mass is 32.2. The van der Waals surface area contributed by atoms with Gasteiger partial charge in [0.25, 0.3) is 0 Å². The molecule has 0 bridgehead atoms. The number of hydrogen-bond donors (Lipinski definition) is 1. The van der Waals surface area contributed by atoms with Crippen molar-refractivity contribution in [2.24, 2.45) is 0 Å². The summed E-state index contributed by atoms with van der Waals surface area (Å²) in [6.07, 6.45) is 0. The third kappa shape index (κ3) is 3.95. The molecule has 1 N–H and O–H groups in total. The van der Waals surface area contributed by atoms with Crippen molar-refractivity contribution in [1.82, 2.24) is 14.9 Å². The minimum Gasteiger partial charge on any atom is -0.383 e. The molecule has 1 heterocycles. The van der Waals surface area contributed by atoms with Gasteiger partial charge in [-0.2, -0.15) is 8.78 Å². The number of nitrogens with one attached hydrogen (secondary N) is 1. The Bertz CT molecular complexity index is 648. The summed E-state index contributed by atoms with van der Waals surface area (Å²) in [5, 5.41) is 2.85. The number of para-hydroxylation sites is 2. The van der Waals surface area contributed by atoms with Gasteiger partial charge in [-0.05, 0) is 19.1 Å². The third-order valence-corrected chi connectivity index (χ3v) is 3.87. The molecule has 1 amide bonds. The smallest absolute Gasteiger partial charge is 0.321 e. The second kappa shape index (κ2) is 7.55. The highest BCUT2D eigenvalue weighted by Gasteiger charge is 2.19. The Morgan fingerprint density at radius 3 is 2.86 bits per heavy atom. The summed E-state index contributed by atoms with van der Waals surface area (Å²) in [7, 11) is 1.54. The van der Waals surface area contributed by atoms with E-state index < -0.39 is 6.55 Å². The first-order valence-corrected chi connectivity index (χ1v) is 7.67. The minimum absolute atomic E-state index is 0.0180. The van der Waals surface area contributed by atoms with Crippen LogP contribution >= 0.6 is 11.8 Å². The standard InChI is InChI=1S/C14H17F2N3O2S/c1-9(7-21-2)17-12(20)8-22-14-18-10-5-3-4-6-11(10)19(14)13(15)16/h3-6,9,13H,7-8H2,1-2H3,(H,17,20). The number of imidazole rings is 1. The normalized spacial score (nSPS) is 12.8. The fourth-order valence-electron chi connectivity index (χ4n) is 2.05. The van der Waals surface area contributed by atoms with Crippen LogP contribution in [0.5, 0.6) is 0 Å². The zero-order valence-electron chi connectivity index (χ0n) is 12.3. The molecular formula is C14H17F2N3O2S. The molecule has 0 aliphatic heterocycles. The average Bonchev–Trinajstić information content (AvgIpc) is 2.83. The predicted octanol–water partition coefficient (Wildman–Crippen LogP) is 2.67. The summed E-state index contributed by atoms with van der Waals surface area (Å²) >= 11 is 0.988. The first-order valence-electron chi connectivity index (χ1n) is 6.69. The Morgan fingerprint density at radius 2 is 2.18 bits per heavy atom. The number of benzene rings is 1. The summed E-state index contributed by atoms with van der Waals surface area (Å²) in [6.45, 7) is -0.503. The summed E-state index contributed by atoms with van der Waals surface area (Å²) in [6, 6.07) is 6.53. The number of aromatic nitrogens is 2. The van der Waals surface area contributed by atoms with E-state index in [-0.39, 0.29) is 22.9 Å². The molecule has 8 heteroatoms. The maximum Gasteiger partial charge on any atom is 0.321 e. The summed E-state index contributed by atoms with van der Waals surface area (Å²) in [5.41, 5.74) is 0.839. The largest absolute Gasteiger partial charge is 0.383 e. The Kier molecular flexibility index (Phi) is 5.73. The fraction of sp³-hybridized carbons (Fsp3) is 0.429. The number of carbonyl (C=O) groups is 1. The Hall–Kier alpha value is -1.67. The Morgan fingerprint density at radius 1 is 1.45 bits per heavy atom. The fourth-order valence-corrected chi connectivity index (χ4v) is 2.87. The van der Waals surface area contributed by atoms with Crippen LogP contribution in [0.15, 0.2) is 29.4 Å². The molecule has 0 radical (unpaired) electrons. The topological polar surface area (TPSA) is 56.1 Å². The SMILES string of the molecule is COCC(C)NC(=O)CSc1nc2ccccc2n1C(F)F. The average molecular weight is 329 g/mol. The van der Waals surface area contributed by atoms with Crippen LogP contribution in [-0.2, 0) is 9.53 Å². The number of carbonyl (C=O) groups excluding carboxylic acids is 1. The molecule has 1 aromatic heterocycles. The number of methoxy groups -OCH3 is 1. The number of halogens is 2. The van der Waals surface area contributed by atoms with Gasteiger partial charge in [-0.3, -0.25) is 9.36 Å². The lowest BCUT2D eigenvalue weighted by Crippen LogP contribution is -2.36. The second-order valence-corrected chi connectivity index (χ2v) is 5.69. The van der Waals surface area contributed by atoms with Gasteiger partial charge in [0.15, 0.2) is 5.16 Å². The van der Waals surface area contributed by atoms with Crippen LogP contribution in [0.1, 0.15) is 13.5 Å². The molecular weight excluding hydrogens is 312 g/mol. The molecule has 0 saturated heterocycles. The predicted molar refractivity (Wildman–Crippen MR) is 81.2 cm³/mol. The molecule has 0 aliphatic carbocycles. The number of ether oxygens (including phenoxy) is 1. The van der Waals surface area contributed by atoms with Gasteiger partial charge in [-0.25, -0.2) is 4.98 Å². The van der Waals surface area contributed by atoms with Crippen molar-refractivity contribution in [3.8, 4) is 0 Å². The molecule has 2 rings (SSSR count). The third-order valence-electron chi connectivity index (χ3n) is 2.92. The van der Waals surface area contributed by atoms with Crippen molar-refractivity contribution in [2.45, 2.75) is 24.7 Å². The monoisotopic (exact) mass is 329 g/mol. The van der Waals surface area contributed by atoms with Gasteiger partial charge in [-0.1, -0.05) is 23.9 Å². The number of thioether (sulfide) groups is 1. The van der Waals surface area contributed by atoms with Gasteiger partial charge in [-0.15, -0.1) is 0 Å². The van der Waals surface area contributed by atoms with E-state index in [2.05, 4.69) is 10.3 Å². The maximum absolute atomic E-state index is 13.2. The molecule has 0 aliphatic rings. The summed E-state index contributed by atoms with van der Waals surface area (Å²) in [4.78, 5) is 15.9. The van der Waals surface area contributed by atoms with Gasteiger partial charge in [0, 0.05) is 13.2 Å². The molecule has 0 saturated carbocycles. The van der Waals surface area contributed by atoms with Crippen LogP contribution in [0, 0.1) is 0 Å². The number of amides is 1. The van der Waals surface area contributed by atoms with E-state index >= 15 is 0 Å². The van der Waals surface area contributed by atoms with E-state index in [1.54, 1.807) is 38.3 Å². The zero-order valence-corrected chi connectivity index (χ0v) is 13.1. The molecule has 2 aromatic rings. The van der Waals surface area contributed by atoms with E-state index in [4.69, 9.17) is 4.74 Å². The van der Waals surface area contributed by atoms with Gasteiger partial charge in [0.05, 0.1) is 23.4 Å². The van der Waals surface area contributed by atoms with Crippen molar-refractivity contribution in [3.05, 3.63) is 24.3 Å². The number of rotatable bonds is 7. The lowest BCUT2D eigenvalue weighted by molar-refractivity contribution is -0.119. The Labute approximate surface area is 131 Å². The van der Waals surface area contributed by atoms with E-state index in [9.17, 15) is 13.6 Å². The molecule has 0 fully saturated rings. The summed E-state index contributed by atoms with van der Waals surface area (Å²) in [5.74, 6) is -0.230. The lowest BCUT2D eigenvalue weighted by Gasteiger charge is -2.12. The Balaban J connectivity index is 2.08. The van der Waals surface area contributed by atoms with Crippen LogP contribution in [0.2, 0.25) is 0 Å². The number of alkyl halides is 2. The number of nitrogens with zero attached hydrogens (tertiary/aromatic N) is 2. The van der Waals surface area contributed by atoms with Crippen molar-refractivity contribution in [2.75, 3.05) is 19.5 Å². The quantitative estimate of drug-likeness (QED) is 0.794. The van der Waals surface area contributed by atoms with Gasteiger partial charge in [0.1, 0.15) is 0 Å². The molecule has 120 valence electrons. The van der Waals surface area contributed by atoms with Crippen LogP contribution < -0.4 is 5.32 Å². The molecule has 1 aromatic carbocycles. The molecule has 1 unspecified atom stereocenters. The van der Waals surface area contributed by atoms with E-state index in [1.165, 1.54) is 0 Å². The first kappa shape index (κ1) is 16.7. The number of fused-ring (bicyclic) bond motifs is 1. The van der Waals surface area contributed by atoms with Crippen LogP contribution in [0.25, 0.3) is 11.0 Å². The van der Waals surface area contributed by atoms with Crippen molar-refractivity contribution in [1.29, 1.82) is 0 Å². The van der Waals surface area contributed by atoms with Crippen molar-refractivity contribution < 1.29 is 18.3 Å². The molecule has 0 spiro atoms. The number of hydrogen-bond acceptors (Lipinski definition) is 4. The molecule has 22 heavy (non-hydrogen) atoms. The van der Waals surface area contributed by atoms with E-state index in [1.807, 2.05) is 0 Å². The van der Waals surface area contributed by atoms with E-state index in [0.29, 0.717) is 17.6 Å². The van der Waals surface area contributed by atoms with Gasteiger partial charge < -0.3 is 10.1 Å². The van der Waals surface area contributed by atoms with Crippen LogP contribution in [0.4, 0.5) is 8.78 Å². The first-order chi connectivity index (χ1) is 10.5. The van der Waals surface area contributed by atoms with Gasteiger partial charge in [0.2, 0.25) is 5.91 Å². The second-order valence-electron chi connectivity index (χ2n) is 4.74. The maximum atomic E-state index is 13.2. The van der Waals surface area contributed by atoms with Crippen molar-refractivity contribution >= 4 is 28.7 Å². The molecule has 5 nitrogen and oxygen atoms in total. The molecule has 1 atom stereocenters. The highest BCUT2D eigenvalue weighted by Crippen LogP contribution is 2.28. The highest BCUT2D eigenvalue weighted by molar-refractivity contribution is 7.99. The van der Waals surface area contributed by atoms with Crippen molar-refractivity contribution in [3.63, 3.8) is 0 Å². The zero-order chi connectivity index (χ0) is 16.1. The van der Waals surface area contributed by atoms with Crippen LogP contribution in [-0.4, -0.2) is 41.0 Å². The van der Waals surface area contributed by atoms with Crippen LogP contribution in [0.3, 0.4) is 0 Å². The lowest BCUT2D eigenvalue weighted by atomic mass is 10.3. The van der Waals surface area contributed by atoms with Gasteiger partial charge >= 0.3 is 6.55 Å². The minimum atomic E-state index is -2.70. The summed E-state index contributed by atoms with van der Waals surface area (Å²) < 4.78 is 32.2. The van der Waals surface area contributed by atoms with E-state index in [0.717, 1.165) is 16.3 Å².